The monoisotopic (exact) mass is 281 g/mol. The summed E-state index contributed by atoms with van der Waals surface area (Å²) in [7, 11) is 0. The van der Waals surface area contributed by atoms with Crippen LogP contribution in [-0.4, -0.2) is 4.98 Å². The largest absolute Gasteiger partial charge is 0.418 e. The highest BCUT2D eigenvalue weighted by atomic mass is 19.4. The van der Waals surface area contributed by atoms with Crippen LogP contribution in [0.2, 0.25) is 0 Å². The van der Waals surface area contributed by atoms with Crippen molar-refractivity contribution in [2.24, 2.45) is 0 Å². The summed E-state index contributed by atoms with van der Waals surface area (Å²) < 4.78 is 51.9. The highest BCUT2D eigenvalue weighted by molar-refractivity contribution is 5.64. The lowest BCUT2D eigenvalue weighted by atomic mass is 10.1. The number of anilines is 2. The molecule has 0 unspecified atom stereocenters. The van der Waals surface area contributed by atoms with Crippen molar-refractivity contribution in [1.29, 1.82) is 5.26 Å². The van der Waals surface area contributed by atoms with E-state index in [4.69, 9.17) is 5.26 Å². The van der Waals surface area contributed by atoms with Crippen molar-refractivity contribution in [3.05, 3.63) is 53.6 Å². The minimum absolute atomic E-state index is 0.111. The van der Waals surface area contributed by atoms with Crippen LogP contribution >= 0.6 is 0 Å². The lowest BCUT2D eigenvalue weighted by molar-refractivity contribution is -0.137. The van der Waals surface area contributed by atoms with Gasteiger partial charge in [-0.3, -0.25) is 0 Å². The van der Waals surface area contributed by atoms with Crippen LogP contribution < -0.4 is 5.32 Å². The number of para-hydroxylation sites is 1. The van der Waals surface area contributed by atoms with E-state index in [2.05, 4.69) is 10.3 Å². The molecular weight excluding hydrogens is 274 g/mol. The molecule has 0 aliphatic carbocycles. The second-order valence-electron chi connectivity index (χ2n) is 3.83. The number of nitrogens with one attached hydrogen (secondary N) is 1. The zero-order valence-electron chi connectivity index (χ0n) is 9.87. The molecule has 0 atom stereocenters. The van der Waals surface area contributed by atoms with E-state index >= 15 is 0 Å². The van der Waals surface area contributed by atoms with Crippen molar-refractivity contribution in [2.45, 2.75) is 6.18 Å². The van der Waals surface area contributed by atoms with Gasteiger partial charge in [0.05, 0.1) is 23.1 Å². The van der Waals surface area contributed by atoms with Crippen molar-refractivity contribution in [1.82, 2.24) is 4.98 Å². The van der Waals surface area contributed by atoms with Crippen molar-refractivity contribution in [2.75, 3.05) is 5.32 Å². The number of hydrogen-bond acceptors (Lipinski definition) is 3. The number of aromatic nitrogens is 1. The number of nitriles is 1. The Balaban J connectivity index is 2.40. The minimum atomic E-state index is -4.68. The Labute approximate surface area is 111 Å². The van der Waals surface area contributed by atoms with Gasteiger partial charge in [-0.15, -0.1) is 0 Å². The lowest BCUT2D eigenvalue weighted by Crippen LogP contribution is -2.10. The first-order valence-electron chi connectivity index (χ1n) is 5.40. The van der Waals surface area contributed by atoms with Crippen LogP contribution in [0.5, 0.6) is 0 Å². The number of rotatable bonds is 2. The number of benzene rings is 1. The van der Waals surface area contributed by atoms with Gasteiger partial charge in [0.15, 0.2) is 0 Å². The van der Waals surface area contributed by atoms with Gasteiger partial charge in [-0.2, -0.15) is 18.4 Å². The zero-order valence-corrected chi connectivity index (χ0v) is 9.87. The van der Waals surface area contributed by atoms with Crippen molar-refractivity contribution in [3.8, 4) is 6.07 Å². The van der Waals surface area contributed by atoms with Gasteiger partial charge >= 0.3 is 6.18 Å². The maximum absolute atomic E-state index is 13.6. The first kappa shape index (κ1) is 13.8. The van der Waals surface area contributed by atoms with Crippen molar-refractivity contribution in [3.63, 3.8) is 0 Å². The predicted octanol–water partition coefficient (Wildman–Crippen LogP) is 3.85. The summed E-state index contributed by atoms with van der Waals surface area (Å²) in [5.74, 6) is -1.02. The molecule has 1 aromatic carbocycles. The average molecular weight is 281 g/mol. The first-order chi connectivity index (χ1) is 9.41. The fourth-order valence-electron chi connectivity index (χ4n) is 1.57. The molecule has 102 valence electrons. The molecular formula is C13H7F4N3. The van der Waals surface area contributed by atoms with Gasteiger partial charge in [-0.05, 0) is 24.3 Å². The molecule has 0 aliphatic rings. The minimum Gasteiger partial charge on any atom is -0.351 e. The van der Waals surface area contributed by atoms with Crippen molar-refractivity contribution >= 4 is 11.4 Å². The third-order valence-electron chi connectivity index (χ3n) is 2.47. The predicted molar refractivity (Wildman–Crippen MR) is 63.6 cm³/mol. The maximum Gasteiger partial charge on any atom is 0.418 e. The summed E-state index contributed by atoms with van der Waals surface area (Å²) in [5, 5.41) is 10.9. The van der Waals surface area contributed by atoms with E-state index in [0.29, 0.717) is 0 Å². The third kappa shape index (κ3) is 2.85. The molecule has 20 heavy (non-hydrogen) atoms. The highest BCUT2D eigenvalue weighted by Crippen LogP contribution is 2.37. The molecule has 0 bridgehead atoms. The van der Waals surface area contributed by atoms with E-state index in [9.17, 15) is 17.6 Å². The van der Waals surface area contributed by atoms with Crippen molar-refractivity contribution < 1.29 is 17.6 Å². The Bertz CT molecular complexity index is 657. The summed E-state index contributed by atoms with van der Waals surface area (Å²) >= 11 is 0. The summed E-state index contributed by atoms with van der Waals surface area (Å²) in [5.41, 5.74) is -1.52. The van der Waals surface area contributed by atoms with Gasteiger partial charge in [0.1, 0.15) is 17.6 Å². The van der Waals surface area contributed by atoms with Crippen LogP contribution in [0.4, 0.5) is 28.9 Å². The smallest absolute Gasteiger partial charge is 0.351 e. The van der Waals surface area contributed by atoms with E-state index in [1.54, 1.807) is 6.07 Å². The fourth-order valence-corrected chi connectivity index (χ4v) is 1.57. The Morgan fingerprint density at radius 3 is 2.45 bits per heavy atom. The number of hydrogen-bond donors (Lipinski definition) is 1. The molecule has 0 saturated heterocycles. The zero-order chi connectivity index (χ0) is 14.8. The SMILES string of the molecule is N#Cc1ccc(Nc2c(F)cccc2C(F)(F)F)cn1. The summed E-state index contributed by atoms with van der Waals surface area (Å²) in [6, 6.07) is 7.13. The average Bonchev–Trinajstić information content (AvgIpc) is 2.40. The maximum atomic E-state index is 13.6. The fraction of sp³-hybridized carbons (Fsp3) is 0.0769. The lowest BCUT2D eigenvalue weighted by Gasteiger charge is -2.15. The molecule has 0 fully saturated rings. The number of nitrogens with zero attached hydrogens (tertiary/aromatic N) is 2. The van der Waals surface area contributed by atoms with Gasteiger partial charge in [-0.25, -0.2) is 9.37 Å². The molecule has 1 aromatic heterocycles. The molecule has 0 aliphatic heterocycles. The molecule has 1 heterocycles. The van der Waals surface area contributed by atoms with E-state index in [1.165, 1.54) is 12.1 Å². The molecule has 3 nitrogen and oxygen atoms in total. The summed E-state index contributed by atoms with van der Waals surface area (Å²) in [6.07, 6.45) is -3.52. The van der Waals surface area contributed by atoms with Gasteiger partial charge in [0.2, 0.25) is 0 Å². The van der Waals surface area contributed by atoms with E-state index in [0.717, 1.165) is 24.4 Å². The summed E-state index contributed by atoms with van der Waals surface area (Å²) in [6.45, 7) is 0. The molecule has 0 saturated carbocycles. The van der Waals surface area contributed by atoms with Crippen LogP contribution in [0, 0.1) is 17.1 Å². The molecule has 1 N–H and O–H groups in total. The van der Waals surface area contributed by atoms with Gasteiger partial charge in [0, 0.05) is 0 Å². The quantitative estimate of drug-likeness (QED) is 0.850. The van der Waals surface area contributed by atoms with Crippen LogP contribution in [0.1, 0.15) is 11.3 Å². The van der Waals surface area contributed by atoms with E-state index in [1.807, 2.05) is 0 Å². The van der Waals surface area contributed by atoms with Gasteiger partial charge in [0.25, 0.3) is 0 Å². The molecule has 0 amide bonds. The van der Waals surface area contributed by atoms with Crippen LogP contribution in [0.15, 0.2) is 36.5 Å². The normalized spacial score (nSPS) is 10.9. The number of pyridine rings is 1. The second-order valence-corrected chi connectivity index (χ2v) is 3.83. The highest BCUT2D eigenvalue weighted by Gasteiger charge is 2.34. The molecule has 2 aromatic rings. The summed E-state index contributed by atoms with van der Waals surface area (Å²) in [4.78, 5) is 3.69. The number of halogens is 4. The molecule has 0 spiro atoms. The Hall–Kier alpha value is -2.62. The number of alkyl halides is 3. The van der Waals surface area contributed by atoms with Gasteiger partial charge < -0.3 is 5.32 Å². The Morgan fingerprint density at radius 2 is 1.90 bits per heavy atom. The first-order valence-corrected chi connectivity index (χ1v) is 5.40. The second kappa shape index (κ2) is 5.17. The van der Waals surface area contributed by atoms with Crippen LogP contribution in [0.3, 0.4) is 0 Å². The Morgan fingerprint density at radius 1 is 1.15 bits per heavy atom. The van der Waals surface area contributed by atoms with Crippen LogP contribution in [-0.2, 0) is 6.18 Å². The van der Waals surface area contributed by atoms with E-state index in [-0.39, 0.29) is 11.4 Å². The standard InChI is InChI=1S/C13H7F4N3/c14-11-3-1-2-10(13(15,16)17)12(11)20-9-5-4-8(6-18)19-7-9/h1-5,7,20H. The van der Waals surface area contributed by atoms with Crippen LogP contribution in [0.25, 0.3) is 0 Å². The van der Waals surface area contributed by atoms with Gasteiger partial charge in [-0.1, -0.05) is 6.07 Å². The molecule has 7 heteroatoms. The third-order valence-corrected chi connectivity index (χ3v) is 2.47. The van der Waals surface area contributed by atoms with E-state index < -0.39 is 23.2 Å². The Kier molecular flexibility index (Phi) is 3.57. The molecule has 0 radical (unpaired) electrons. The topological polar surface area (TPSA) is 48.7 Å². The molecule has 2 rings (SSSR count).